The highest BCUT2D eigenvalue weighted by Gasteiger charge is 2.33. The third kappa shape index (κ3) is 3.77. The zero-order valence-electron chi connectivity index (χ0n) is 16.2. The summed E-state index contributed by atoms with van der Waals surface area (Å²) in [6.07, 6.45) is 0. The van der Waals surface area contributed by atoms with Crippen LogP contribution in [0.15, 0.2) is 69.0 Å². The molecule has 3 aromatic rings. The summed E-state index contributed by atoms with van der Waals surface area (Å²) in [5, 5.41) is 24.4. The lowest BCUT2D eigenvalue weighted by atomic mass is 9.78. The molecule has 2 aromatic carbocycles. The Morgan fingerprint density at radius 3 is 2.39 bits per heavy atom. The number of aromatic hydroxyl groups is 1. The molecule has 3 rings (SSSR count). The highest BCUT2D eigenvalue weighted by molar-refractivity contribution is 5.87. The van der Waals surface area contributed by atoms with Crippen molar-refractivity contribution in [2.45, 2.75) is 12.8 Å². The lowest BCUT2D eigenvalue weighted by Crippen LogP contribution is -2.34. The van der Waals surface area contributed by atoms with E-state index in [-0.39, 0.29) is 17.2 Å². The molecule has 6 nitrogen and oxygen atoms in total. The number of rotatable bonds is 6. The SMILES string of the molecule is C/C(=N\O)[C@@H](CN(C)C)[C@@H](c1ccccc1)c1c(O)c2ccccc2oc1=O. The van der Waals surface area contributed by atoms with E-state index in [4.69, 9.17) is 4.42 Å². The Hall–Kier alpha value is -3.12. The van der Waals surface area contributed by atoms with Crippen LogP contribution < -0.4 is 5.63 Å². The highest BCUT2D eigenvalue weighted by atomic mass is 16.4. The summed E-state index contributed by atoms with van der Waals surface area (Å²) in [7, 11) is 3.81. The fourth-order valence-corrected chi connectivity index (χ4v) is 3.63. The molecule has 6 heteroatoms. The van der Waals surface area contributed by atoms with Crippen LogP contribution in [-0.4, -0.2) is 41.6 Å². The Balaban J connectivity index is 2.32. The second-order valence-corrected chi connectivity index (χ2v) is 7.15. The van der Waals surface area contributed by atoms with Gasteiger partial charge in [-0.1, -0.05) is 47.6 Å². The molecular formula is C22H24N2O4. The van der Waals surface area contributed by atoms with Crippen molar-refractivity contribution in [2.24, 2.45) is 11.1 Å². The van der Waals surface area contributed by atoms with Gasteiger partial charge in [-0.3, -0.25) is 0 Å². The summed E-state index contributed by atoms with van der Waals surface area (Å²) < 4.78 is 5.51. The van der Waals surface area contributed by atoms with E-state index in [0.29, 0.717) is 23.2 Å². The Bertz CT molecular complexity index is 1040. The molecule has 0 radical (unpaired) electrons. The van der Waals surface area contributed by atoms with Gasteiger partial charge in [0.05, 0.1) is 16.7 Å². The third-order valence-corrected chi connectivity index (χ3v) is 4.95. The van der Waals surface area contributed by atoms with Gasteiger partial charge in [0.2, 0.25) is 0 Å². The molecule has 0 fully saturated rings. The smallest absolute Gasteiger partial charge is 0.343 e. The van der Waals surface area contributed by atoms with Crippen molar-refractivity contribution in [3.05, 3.63) is 76.1 Å². The van der Waals surface area contributed by atoms with Gasteiger partial charge < -0.3 is 19.6 Å². The van der Waals surface area contributed by atoms with Crippen molar-refractivity contribution < 1.29 is 14.7 Å². The van der Waals surface area contributed by atoms with Crippen LogP contribution in [-0.2, 0) is 0 Å². The quantitative estimate of drug-likeness (QED) is 0.295. The number of hydrogen-bond acceptors (Lipinski definition) is 6. The number of oxime groups is 1. The molecule has 0 unspecified atom stereocenters. The molecule has 1 heterocycles. The fraction of sp³-hybridized carbons (Fsp3) is 0.273. The molecule has 0 saturated heterocycles. The van der Waals surface area contributed by atoms with Crippen LogP contribution in [0.4, 0.5) is 0 Å². The zero-order valence-corrected chi connectivity index (χ0v) is 16.2. The second-order valence-electron chi connectivity index (χ2n) is 7.15. The number of hydrogen-bond donors (Lipinski definition) is 2. The molecule has 0 aliphatic rings. The van der Waals surface area contributed by atoms with Crippen molar-refractivity contribution in [1.82, 2.24) is 4.90 Å². The average molecular weight is 380 g/mol. The van der Waals surface area contributed by atoms with Crippen LogP contribution in [0.3, 0.4) is 0 Å². The summed E-state index contributed by atoms with van der Waals surface area (Å²) in [6.45, 7) is 2.23. The summed E-state index contributed by atoms with van der Waals surface area (Å²) in [6, 6.07) is 16.3. The maximum absolute atomic E-state index is 12.9. The molecule has 0 spiro atoms. The minimum absolute atomic E-state index is 0.102. The van der Waals surface area contributed by atoms with E-state index < -0.39 is 11.5 Å². The van der Waals surface area contributed by atoms with Crippen LogP contribution in [0.1, 0.15) is 24.0 Å². The van der Waals surface area contributed by atoms with Crippen molar-refractivity contribution in [1.29, 1.82) is 0 Å². The minimum Gasteiger partial charge on any atom is -0.507 e. The van der Waals surface area contributed by atoms with E-state index >= 15 is 0 Å². The van der Waals surface area contributed by atoms with Gasteiger partial charge in [-0.05, 0) is 38.7 Å². The molecule has 1 aromatic heterocycles. The van der Waals surface area contributed by atoms with E-state index in [1.165, 1.54) is 0 Å². The minimum atomic E-state index is -0.598. The molecule has 0 bridgehead atoms. The molecule has 2 N–H and O–H groups in total. The van der Waals surface area contributed by atoms with Crippen molar-refractivity contribution >= 4 is 16.7 Å². The van der Waals surface area contributed by atoms with Gasteiger partial charge in [0.15, 0.2) is 0 Å². The maximum atomic E-state index is 12.9. The Kier molecular flexibility index (Phi) is 5.80. The van der Waals surface area contributed by atoms with Crippen molar-refractivity contribution in [2.75, 3.05) is 20.6 Å². The predicted molar refractivity (Wildman–Crippen MR) is 109 cm³/mol. The van der Waals surface area contributed by atoms with Crippen LogP contribution >= 0.6 is 0 Å². The molecular weight excluding hydrogens is 356 g/mol. The average Bonchev–Trinajstić information content (AvgIpc) is 2.69. The molecule has 0 saturated carbocycles. The standard InChI is InChI=1S/C22H24N2O4/c1-14(23-27)17(13-24(2)3)19(15-9-5-4-6-10-15)20-21(25)16-11-7-8-12-18(16)28-22(20)26/h4-12,17,19,25,27H,13H2,1-3H3/b23-14+/t17-,19-/m1/s1. The van der Waals surface area contributed by atoms with Crippen LogP contribution in [0.25, 0.3) is 11.0 Å². The molecule has 146 valence electrons. The van der Waals surface area contributed by atoms with Gasteiger partial charge in [0, 0.05) is 18.4 Å². The summed E-state index contributed by atoms with van der Waals surface area (Å²) in [4.78, 5) is 14.9. The lowest BCUT2D eigenvalue weighted by Gasteiger charge is -2.29. The van der Waals surface area contributed by atoms with Gasteiger partial charge >= 0.3 is 5.63 Å². The van der Waals surface area contributed by atoms with E-state index in [2.05, 4.69) is 5.16 Å². The number of fused-ring (bicyclic) bond motifs is 1. The summed E-state index contributed by atoms with van der Waals surface area (Å²) in [5.41, 5.74) is 1.20. The van der Waals surface area contributed by atoms with Gasteiger partial charge in [0.25, 0.3) is 0 Å². The first-order chi connectivity index (χ1) is 13.4. The van der Waals surface area contributed by atoms with E-state index in [0.717, 1.165) is 5.56 Å². The Labute approximate surface area is 163 Å². The monoisotopic (exact) mass is 380 g/mol. The maximum Gasteiger partial charge on any atom is 0.343 e. The fourth-order valence-electron chi connectivity index (χ4n) is 3.63. The molecule has 0 amide bonds. The molecule has 0 aliphatic carbocycles. The Morgan fingerprint density at radius 1 is 1.11 bits per heavy atom. The molecule has 28 heavy (non-hydrogen) atoms. The predicted octanol–water partition coefficient (Wildman–Crippen LogP) is 3.66. The summed E-state index contributed by atoms with van der Waals surface area (Å²) >= 11 is 0. The van der Waals surface area contributed by atoms with E-state index in [1.807, 2.05) is 49.3 Å². The normalized spacial score (nSPS) is 14.4. The topological polar surface area (TPSA) is 86.3 Å². The summed E-state index contributed by atoms with van der Waals surface area (Å²) in [5.74, 6) is -0.993. The molecule has 0 aliphatic heterocycles. The number of para-hydroxylation sites is 1. The van der Waals surface area contributed by atoms with Gasteiger partial charge in [-0.25, -0.2) is 4.79 Å². The van der Waals surface area contributed by atoms with Crippen molar-refractivity contribution in [3.8, 4) is 5.75 Å². The first-order valence-electron chi connectivity index (χ1n) is 9.07. The zero-order chi connectivity index (χ0) is 20.3. The van der Waals surface area contributed by atoms with E-state index in [1.54, 1.807) is 31.2 Å². The van der Waals surface area contributed by atoms with Gasteiger partial charge in [0.1, 0.15) is 11.3 Å². The largest absolute Gasteiger partial charge is 0.507 e. The highest BCUT2D eigenvalue weighted by Crippen LogP contribution is 2.39. The van der Waals surface area contributed by atoms with Gasteiger partial charge in [-0.15, -0.1) is 0 Å². The number of nitrogens with zero attached hydrogens (tertiary/aromatic N) is 2. The first kappa shape index (κ1) is 19.6. The van der Waals surface area contributed by atoms with Gasteiger partial charge in [-0.2, -0.15) is 0 Å². The third-order valence-electron chi connectivity index (χ3n) is 4.95. The second kappa shape index (κ2) is 8.27. The van der Waals surface area contributed by atoms with Crippen LogP contribution in [0.2, 0.25) is 0 Å². The van der Waals surface area contributed by atoms with Crippen LogP contribution in [0.5, 0.6) is 5.75 Å². The lowest BCUT2D eigenvalue weighted by molar-refractivity contribution is 0.301. The number of benzene rings is 2. The Morgan fingerprint density at radius 2 is 1.75 bits per heavy atom. The van der Waals surface area contributed by atoms with E-state index in [9.17, 15) is 15.1 Å². The first-order valence-corrected chi connectivity index (χ1v) is 9.07. The van der Waals surface area contributed by atoms with Crippen LogP contribution in [0, 0.1) is 5.92 Å². The van der Waals surface area contributed by atoms with Crippen molar-refractivity contribution in [3.63, 3.8) is 0 Å². The molecule has 2 atom stereocenters.